The molecule has 0 unspecified atom stereocenters. The van der Waals surface area contributed by atoms with E-state index in [1.807, 2.05) is 13.0 Å². The van der Waals surface area contributed by atoms with Crippen molar-refractivity contribution in [3.8, 4) is 6.07 Å². The van der Waals surface area contributed by atoms with Crippen LogP contribution in [0.25, 0.3) is 0 Å². The summed E-state index contributed by atoms with van der Waals surface area (Å²) in [5.74, 6) is -0.0374. The second kappa shape index (κ2) is 6.35. The molecule has 1 saturated heterocycles. The van der Waals surface area contributed by atoms with Gasteiger partial charge in [-0.25, -0.2) is 0 Å². The van der Waals surface area contributed by atoms with E-state index < -0.39 is 0 Å². The Labute approximate surface area is 114 Å². The maximum atomic E-state index is 12.2. The van der Waals surface area contributed by atoms with E-state index in [1.165, 1.54) is 6.42 Å². The number of anilines is 1. The van der Waals surface area contributed by atoms with Gasteiger partial charge in [0.15, 0.2) is 0 Å². The zero-order chi connectivity index (χ0) is 13.7. The Bertz CT molecular complexity index is 486. The summed E-state index contributed by atoms with van der Waals surface area (Å²) in [5.41, 5.74) is 1.10. The van der Waals surface area contributed by atoms with Gasteiger partial charge in [0.05, 0.1) is 17.3 Å². The van der Waals surface area contributed by atoms with Crippen molar-refractivity contribution < 1.29 is 4.79 Å². The molecule has 0 spiro atoms. The van der Waals surface area contributed by atoms with Gasteiger partial charge in [0.1, 0.15) is 6.07 Å². The van der Waals surface area contributed by atoms with Crippen LogP contribution < -0.4 is 5.32 Å². The second-order valence-electron chi connectivity index (χ2n) is 4.92. The summed E-state index contributed by atoms with van der Waals surface area (Å²) in [6, 6.07) is 9.03. The highest BCUT2D eigenvalue weighted by atomic mass is 16.2. The van der Waals surface area contributed by atoms with Crippen molar-refractivity contribution in [2.24, 2.45) is 0 Å². The molecule has 1 aromatic carbocycles. The van der Waals surface area contributed by atoms with Crippen LogP contribution in [-0.4, -0.2) is 29.9 Å². The predicted octanol–water partition coefficient (Wildman–Crippen LogP) is 2.37. The van der Waals surface area contributed by atoms with Gasteiger partial charge in [0, 0.05) is 0 Å². The maximum absolute atomic E-state index is 12.2. The summed E-state index contributed by atoms with van der Waals surface area (Å²) in [6.45, 7) is 3.89. The van der Waals surface area contributed by atoms with Gasteiger partial charge in [-0.2, -0.15) is 5.26 Å². The summed E-state index contributed by atoms with van der Waals surface area (Å²) in [5, 5.41) is 11.9. The van der Waals surface area contributed by atoms with Crippen molar-refractivity contribution in [3.63, 3.8) is 0 Å². The van der Waals surface area contributed by atoms with E-state index in [9.17, 15) is 4.79 Å². The Hall–Kier alpha value is -1.86. The van der Waals surface area contributed by atoms with E-state index in [4.69, 9.17) is 5.26 Å². The van der Waals surface area contributed by atoms with Crippen molar-refractivity contribution in [2.75, 3.05) is 18.4 Å². The van der Waals surface area contributed by atoms with Crippen LogP contribution >= 0.6 is 0 Å². The summed E-state index contributed by atoms with van der Waals surface area (Å²) >= 11 is 0. The summed E-state index contributed by atoms with van der Waals surface area (Å²) in [6.07, 6.45) is 3.57. The van der Waals surface area contributed by atoms with Crippen LogP contribution in [0.15, 0.2) is 24.3 Å². The first-order chi connectivity index (χ1) is 9.22. The first kappa shape index (κ1) is 13.6. The minimum Gasteiger partial charge on any atom is -0.324 e. The fourth-order valence-electron chi connectivity index (χ4n) is 2.40. The van der Waals surface area contributed by atoms with Gasteiger partial charge in [-0.15, -0.1) is 0 Å². The van der Waals surface area contributed by atoms with E-state index >= 15 is 0 Å². The van der Waals surface area contributed by atoms with E-state index in [-0.39, 0.29) is 11.9 Å². The number of hydrogen-bond donors (Lipinski definition) is 1. The Balaban J connectivity index is 2.02. The van der Waals surface area contributed by atoms with Gasteiger partial charge in [-0.3, -0.25) is 9.69 Å². The molecule has 0 bridgehead atoms. The molecule has 1 aromatic rings. The van der Waals surface area contributed by atoms with Gasteiger partial charge < -0.3 is 5.32 Å². The standard InChI is InChI=1S/C15H19N3O/c1-12(18-9-5-2-6-10-18)15(19)17-14-8-4-3-7-13(14)11-16/h3-4,7-8,12H,2,5-6,9-10H2,1H3,(H,17,19)/t12-/m0/s1. The average Bonchev–Trinajstić information content (AvgIpc) is 2.48. The van der Waals surface area contributed by atoms with Crippen molar-refractivity contribution in [2.45, 2.75) is 32.2 Å². The topological polar surface area (TPSA) is 56.1 Å². The number of para-hydroxylation sites is 1. The fraction of sp³-hybridized carbons (Fsp3) is 0.467. The number of nitriles is 1. The van der Waals surface area contributed by atoms with Crippen LogP contribution in [0.1, 0.15) is 31.7 Å². The molecular weight excluding hydrogens is 238 g/mol. The molecule has 4 nitrogen and oxygen atoms in total. The van der Waals surface area contributed by atoms with E-state index in [1.54, 1.807) is 18.2 Å². The minimum absolute atomic E-state index is 0.0374. The first-order valence-corrected chi connectivity index (χ1v) is 6.76. The van der Waals surface area contributed by atoms with Crippen LogP contribution in [0, 0.1) is 11.3 Å². The predicted molar refractivity (Wildman–Crippen MR) is 74.7 cm³/mol. The molecule has 1 aliphatic heterocycles. The summed E-state index contributed by atoms with van der Waals surface area (Å²) in [4.78, 5) is 14.4. The van der Waals surface area contributed by atoms with Gasteiger partial charge in [0.2, 0.25) is 5.91 Å². The third-order valence-corrected chi connectivity index (χ3v) is 3.62. The van der Waals surface area contributed by atoms with Crippen molar-refractivity contribution >= 4 is 11.6 Å². The minimum atomic E-state index is -0.146. The molecule has 19 heavy (non-hydrogen) atoms. The second-order valence-corrected chi connectivity index (χ2v) is 4.92. The average molecular weight is 257 g/mol. The monoisotopic (exact) mass is 257 g/mol. The lowest BCUT2D eigenvalue weighted by atomic mass is 10.1. The van der Waals surface area contributed by atoms with Crippen LogP contribution in [0.4, 0.5) is 5.69 Å². The summed E-state index contributed by atoms with van der Waals surface area (Å²) in [7, 11) is 0. The lowest BCUT2D eigenvalue weighted by Gasteiger charge is -2.31. The number of hydrogen-bond acceptors (Lipinski definition) is 3. The fourth-order valence-corrected chi connectivity index (χ4v) is 2.40. The van der Waals surface area contributed by atoms with Crippen LogP contribution in [0.5, 0.6) is 0 Å². The van der Waals surface area contributed by atoms with Crippen LogP contribution in [0.3, 0.4) is 0 Å². The number of rotatable bonds is 3. The van der Waals surface area contributed by atoms with Gasteiger partial charge in [0.25, 0.3) is 0 Å². The molecule has 0 radical (unpaired) electrons. The molecule has 1 fully saturated rings. The first-order valence-electron chi connectivity index (χ1n) is 6.76. The van der Waals surface area contributed by atoms with E-state index in [0.29, 0.717) is 11.3 Å². The lowest BCUT2D eigenvalue weighted by molar-refractivity contribution is -0.121. The van der Waals surface area contributed by atoms with Crippen molar-refractivity contribution in [1.29, 1.82) is 5.26 Å². The number of likely N-dealkylation sites (tertiary alicyclic amines) is 1. The van der Waals surface area contributed by atoms with E-state index in [2.05, 4.69) is 16.3 Å². The van der Waals surface area contributed by atoms with Crippen molar-refractivity contribution in [1.82, 2.24) is 4.90 Å². The summed E-state index contributed by atoms with van der Waals surface area (Å²) < 4.78 is 0. The molecule has 1 N–H and O–H groups in total. The Kier molecular flexibility index (Phi) is 4.53. The van der Waals surface area contributed by atoms with Crippen LogP contribution in [0.2, 0.25) is 0 Å². The number of carbonyl (C=O) groups excluding carboxylic acids is 1. The largest absolute Gasteiger partial charge is 0.324 e. The number of carbonyl (C=O) groups is 1. The molecule has 1 atom stereocenters. The number of piperidine rings is 1. The SMILES string of the molecule is C[C@@H](C(=O)Nc1ccccc1C#N)N1CCCCC1. The lowest BCUT2D eigenvalue weighted by Crippen LogP contribution is -2.44. The molecule has 2 rings (SSSR count). The highest BCUT2D eigenvalue weighted by Crippen LogP contribution is 2.16. The molecule has 0 aliphatic carbocycles. The number of benzene rings is 1. The molecule has 1 heterocycles. The Morgan fingerprint density at radius 2 is 2.00 bits per heavy atom. The quantitative estimate of drug-likeness (QED) is 0.904. The Morgan fingerprint density at radius 1 is 1.32 bits per heavy atom. The van der Waals surface area contributed by atoms with Gasteiger partial charge in [-0.05, 0) is 45.0 Å². The molecule has 1 amide bonds. The highest BCUT2D eigenvalue weighted by Gasteiger charge is 2.23. The number of amides is 1. The molecular formula is C15H19N3O. The molecule has 1 aliphatic rings. The van der Waals surface area contributed by atoms with Gasteiger partial charge in [-0.1, -0.05) is 18.6 Å². The third-order valence-electron chi connectivity index (χ3n) is 3.62. The molecule has 100 valence electrons. The highest BCUT2D eigenvalue weighted by molar-refractivity contribution is 5.95. The third kappa shape index (κ3) is 3.33. The zero-order valence-corrected chi connectivity index (χ0v) is 11.2. The van der Waals surface area contributed by atoms with Gasteiger partial charge >= 0.3 is 0 Å². The van der Waals surface area contributed by atoms with E-state index in [0.717, 1.165) is 25.9 Å². The Morgan fingerprint density at radius 3 is 2.68 bits per heavy atom. The number of nitrogens with zero attached hydrogens (tertiary/aromatic N) is 2. The maximum Gasteiger partial charge on any atom is 0.241 e. The normalized spacial score (nSPS) is 17.5. The zero-order valence-electron chi connectivity index (χ0n) is 11.2. The number of nitrogens with one attached hydrogen (secondary N) is 1. The molecule has 4 heteroatoms. The molecule has 0 aromatic heterocycles. The smallest absolute Gasteiger partial charge is 0.241 e. The molecule has 0 saturated carbocycles. The van der Waals surface area contributed by atoms with Crippen LogP contribution in [-0.2, 0) is 4.79 Å². The van der Waals surface area contributed by atoms with Crippen molar-refractivity contribution in [3.05, 3.63) is 29.8 Å².